The van der Waals surface area contributed by atoms with Crippen molar-refractivity contribution in [3.05, 3.63) is 71.8 Å². The van der Waals surface area contributed by atoms with E-state index in [1.54, 1.807) is 35.2 Å². The number of para-hydroxylation sites is 1. The van der Waals surface area contributed by atoms with E-state index in [9.17, 15) is 18.0 Å². The zero-order valence-electron chi connectivity index (χ0n) is 17.7. The molecule has 0 bridgehead atoms. The monoisotopic (exact) mass is 476 g/mol. The quantitative estimate of drug-likeness (QED) is 0.426. The Balaban J connectivity index is 1.87. The van der Waals surface area contributed by atoms with Crippen LogP contribution in [0, 0.1) is 0 Å². The lowest BCUT2D eigenvalue weighted by Crippen LogP contribution is -2.38. The molecule has 0 unspecified atom stereocenters. The minimum Gasteiger partial charge on any atom is -0.449 e. The van der Waals surface area contributed by atoms with Gasteiger partial charge in [0.15, 0.2) is 6.10 Å². The summed E-state index contributed by atoms with van der Waals surface area (Å²) in [6.45, 7) is 6.44. The number of nitrogens with zero attached hydrogens (tertiary/aromatic N) is 2. The summed E-state index contributed by atoms with van der Waals surface area (Å²) in [5.74, 6) is -1.14. The summed E-state index contributed by atoms with van der Waals surface area (Å²) in [5, 5.41) is 0.0322. The molecule has 1 fully saturated rings. The fraction of sp³-hybridized carbons (Fsp3) is 0.304. The van der Waals surface area contributed by atoms with Crippen molar-refractivity contribution < 1.29 is 22.7 Å². The van der Waals surface area contributed by atoms with Crippen LogP contribution in [0.1, 0.15) is 30.1 Å². The third kappa shape index (κ3) is 5.14. The van der Waals surface area contributed by atoms with Gasteiger partial charge in [0, 0.05) is 13.1 Å². The fourth-order valence-corrected chi connectivity index (χ4v) is 5.13. The molecule has 32 heavy (non-hydrogen) atoms. The molecule has 0 saturated carbocycles. The van der Waals surface area contributed by atoms with E-state index in [2.05, 4.69) is 6.58 Å². The highest BCUT2D eigenvalue weighted by Gasteiger charge is 2.29. The Morgan fingerprint density at radius 1 is 1.19 bits per heavy atom. The maximum atomic E-state index is 13.3. The number of amides is 1. The van der Waals surface area contributed by atoms with E-state index in [0.29, 0.717) is 18.8 Å². The highest BCUT2D eigenvalue weighted by molar-refractivity contribution is 7.92. The Morgan fingerprint density at radius 3 is 2.47 bits per heavy atom. The summed E-state index contributed by atoms with van der Waals surface area (Å²) >= 11 is 6.17. The Labute approximate surface area is 193 Å². The topological polar surface area (TPSA) is 84.0 Å². The van der Waals surface area contributed by atoms with Gasteiger partial charge in [-0.1, -0.05) is 35.9 Å². The first-order valence-electron chi connectivity index (χ1n) is 10.2. The minimum atomic E-state index is -4.03. The molecule has 1 atom stereocenters. The number of halogens is 1. The maximum Gasteiger partial charge on any atom is 0.340 e. The molecule has 2 aromatic carbocycles. The van der Waals surface area contributed by atoms with Gasteiger partial charge in [0.1, 0.15) is 0 Å². The average Bonchev–Trinajstić information content (AvgIpc) is 3.32. The number of sulfonamides is 1. The molecule has 0 aliphatic carbocycles. The molecule has 1 aliphatic rings. The van der Waals surface area contributed by atoms with Crippen LogP contribution in [0.25, 0.3) is 0 Å². The molecule has 0 radical (unpaired) electrons. The van der Waals surface area contributed by atoms with Crippen molar-refractivity contribution in [2.45, 2.75) is 30.8 Å². The van der Waals surface area contributed by atoms with Crippen LogP contribution in [0.5, 0.6) is 0 Å². The molecule has 1 saturated heterocycles. The van der Waals surface area contributed by atoms with E-state index >= 15 is 0 Å². The van der Waals surface area contributed by atoms with Gasteiger partial charge in [-0.25, -0.2) is 13.2 Å². The summed E-state index contributed by atoms with van der Waals surface area (Å²) in [4.78, 5) is 26.7. The Bertz CT molecular complexity index is 1100. The van der Waals surface area contributed by atoms with Gasteiger partial charge in [-0.3, -0.25) is 9.10 Å². The lowest BCUT2D eigenvalue weighted by molar-refractivity contribution is -0.138. The standard InChI is InChI=1S/C23H25ClN2O5S/c1-3-13-26(18-9-5-4-6-10-18)32(29,30)19-11-12-21(24)20(16-19)23(28)31-17(2)22(27)25-14-7-8-15-25/h3-6,9-12,16-17H,1,7-8,13-15H2,2H3/t17-/m1/s1. The first-order valence-corrected chi connectivity index (χ1v) is 12.1. The second-order valence-corrected chi connectivity index (χ2v) is 9.65. The van der Waals surface area contributed by atoms with Crippen LogP contribution >= 0.6 is 11.6 Å². The summed E-state index contributed by atoms with van der Waals surface area (Å²) in [5.41, 5.74) is 0.330. The van der Waals surface area contributed by atoms with Crippen molar-refractivity contribution in [1.29, 1.82) is 0 Å². The molecule has 1 aliphatic heterocycles. The van der Waals surface area contributed by atoms with E-state index in [4.69, 9.17) is 16.3 Å². The Kier molecular flexibility index (Phi) is 7.58. The van der Waals surface area contributed by atoms with Crippen LogP contribution < -0.4 is 4.31 Å². The number of hydrogen-bond donors (Lipinski definition) is 0. The van der Waals surface area contributed by atoms with Gasteiger partial charge < -0.3 is 9.64 Å². The molecule has 0 aromatic heterocycles. The first-order chi connectivity index (χ1) is 15.3. The van der Waals surface area contributed by atoms with E-state index in [-0.39, 0.29) is 27.9 Å². The van der Waals surface area contributed by atoms with Crippen LogP contribution in [0.2, 0.25) is 5.02 Å². The second-order valence-electron chi connectivity index (χ2n) is 7.38. The number of carbonyl (C=O) groups is 2. The number of benzene rings is 2. The molecular formula is C23H25ClN2O5S. The van der Waals surface area contributed by atoms with Gasteiger partial charge in [-0.2, -0.15) is 0 Å². The molecule has 9 heteroatoms. The van der Waals surface area contributed by atoms with Gasteiger partial charge >= 0.3 is 5.97 Å². The summed E-state index contributed by atoms with van der Waals surface area (Å²) in [6, 6.07) is 12.4. The van der Waals surface area contributed by atoms with Crippen molar-refractivity contribution in [3.8, 4) is 0 Å². The van der Waals surface area contributed by atoms with Gasteiger partial charge in [-0.15, -0.1) is 6.58 Å². The van der Waals surface area contributed by atoms with Gasteiger partial charge in [0.25, 0.3) is 15.9 Å². The smallest absolute Gasteiger partial charge is 0.340 e. The molecule has 1 heterocycles. The maximum absolute atomic E-state index is 13.3. The number of esters is 1. The molecule has 0 spiro atoms. The van der Waals surface area contributed by atoms with Crippen LogP contribution in [-0.2, 0) is 19.6 Å². The number of likely N-dealkylation sites (tertiary alicyclic amines) is 1. The third-order valence-electron chi connectivity index (χ3n) is 5.13. The molecular weight excluding hydrogens is 452 g/mol. The van der Waals surface area contributed by atoms with Crippen molar-refractivity contribution in [2.24, 2.45) is 0 Å². The van der Waals surface area contributed by atoms with Crippen LogP contribution in [0.3, 0.4) is 0 Å². The van der Waals surface area contributed by atoms with E-state index in [1.165, 1.54) is 35.5 Å². The summed E-state index contributed by atoms with van der Waals surface area (Å²) in [7, 11) is -4.03. The van der Waals surface area contributed by atoms with E-state index in [0.717, 1.165) is 12.8 Å². The molecule has 7 nitrogen and oxygen atoms in total. The zero-order chi connectivity index (χ0) is 23.3. The lowest BCUT2D eigenvalue weighted by atomic mass is 10.2. The molecule has 170 valence electrons. The van der Waals surface area contributed by atoms with Gasteiger partial charge in [-0.05, 0) is 50.1 Å². The third-order valence-corrected chi connectivity index (χ3v) is 7.25. The summed E-state index contributed by atoms with van der Waals surface area (Å²) < 4.78 is 33.2. The zero-order valence-corrected chi connectivity index (χ0v) is 19.3. The van der Waals surface area contributed by atoms with E-state index < -0.39 is 22.1 Å². The number of carbonyl (C=O) groups excluding carboxylic acids is 2. The minimum absolute atomic E-state index is 0.0322. The number of hydrogen-bond acceptors (Lipinski definition) is 5. The van der Waals surface area contributed by atoms with Crippen LogP contribution in [-0.4, -0.2) is 50.9 Å². The Morgan fingerprint density at radius 2 is 1.84 bits per heavy atom. The fourth-order valence-electron chi connectivity index (χ4n) is 3.47. The molecule has 0 N–H and O–H groups in total. The molecule has 2 aromatic rings. The number of rotatable bonds is 8. The predicted octanol–water partition coefficient (Wildman–Crippen LogP) is 3.89. The van der Waals surface area contributed by atoms with Crippen molar-refractivity contribution in [3.63, 3.8) is 0 Å². The lowest BCUT2D eigenvalue weighted by Gasteiger charge is -2.23. The molecule has 1 amide bonds. The van der Waals surface area contributed by atoms with Crippen molar-refractivity contribution >= 4 is 39.2 Å². The highest BCUT2D eigenvalue weighted by Crippen LogP contribution is 2.27. The summed E-state index contributed by atoms with van der Waals surface area (Å²) in [6.07, 6.45) is 2.31. The van der Waals surface area contributed by atoms with Crippen LogP contribution in [0.15, 0.2) is 66.1 Å². The van der Waals surface area contributed by atoms with E-state index in [1.807, 2.05) is 0 Å². The van der Waals surface area contributed by atoms with Crippen molar-refractivity contribution in [1.82, 2.24) is 4.90 Å². The Hall–Kier alpha value is -2.84. The predicted molar refractivity (Wildman–Crippen MR) is 123 cm³/mol. The molecule has 3 rings (SSSR count). The normalized spacial score (nSPS) is 14.6. The number of ether oxygens (including phenoxy) is 1. The second kappa shape index (κ2) is 10.2. The first kappa shape index (κ1) is 23.8. The van der Waals surface area contributed by atoms with Gasteiger partial charge in [0.2, 0.25) is 0 Å². The number of anilines is 1. The SMILES string of the molecule is C=CCN(c1ccccc1)S(=O)(=O)c1ccc(Cl)c(C(=O)O[C@H](C)C(=O)N2CCCC2)c1. The van der Waals surface area contributed by atoms with Crippen LogP contribution in [0.4, 0.5) is 5.69 Å². The average molecular weight is 477 g/mol. The highest BCUT2D eigenvalue weighted by atomic mass is 35.5. The van der Waals surface area contributed by atoms with Crippen molar-refractivity contribution in [2.75, 3.05) is 23.9 Å². The largest absolute Gasteiger partial charge is 0.449 e. The van der Waals surface area contributed by atoms with Gasteiger partial charge in [0.05, 0.1) is 27.7 Å².